The smallest absolute Gasteiger partial charge is 0.333 e. The Kier molecular flexibility index (Phi) is 6.37. The van der Waals surface area contributed by atoms with E-state index in [1.807, 2.05) is 13.8 Å². The molecular formula is C14H22O4. The van der Waals surface area contributed by atoms with Crippen LogP contribution in [0.4, 0.5) is 0 Å². The fraction of sp³-hybridized carbons (Fsp3) is 0.571. The fourth-order valence-electron chi connectivity index (χ4n) is 0.972. The normalized spacial score (nSPS) is 10.7. The maximum Gasteiger partial charge on any atom is 0.333 e. The molecule has 0 aliphatic carbocycles. The minimum atomic E-state index is -0.430. The first-order chi connectivity index (χ1) is 8.22. The van der Waals surface area contributed by atoms with Crippen molar-refractivity contribution in [3.05, 3.63) is 24.3 Å². The van der Waals surface area contributed by atoms with Gasteiger partial charge in [0, 0.05) is 16.6 Å². The summed E-state index contributed by atoms with van der Waals surface area (Å²) >= 11 is 0. The average molecular weight is 254 g/mol. The van der Waals surface area contributed by atoms with Gasteiger partial charge >= 0.3 is 11.9 Å². The second-order valence-corrected chi connectivity index (χ2v) is 4.88. The molecule has 102 valence electrons. The summed E-state index contributed by atoms with van der Waals surface area (Å²) in [6.45, 7) is 14.4. The summed E-state index contributed by atoms with van der Waals surface area (Å²) in [5, 5.41) is 0. The standard InChI is InChI=1S/C14H22O4/c1-7-14(6,8-17-12(15)10(2)3)9-18-13(16)11(4)5/h2,4,7-9H2,1,3,5-6H3. The molecular weight excluding hydrogens is 232 g/mol. The predicted molar refractivity (Wildman–Crippen MR) is 69.9 cm³/mol. The number of rotatable bonds is 7. The SMILES string of the molecule is C=C(C)C(=O)OCC(C)(CC)COC(=O)C(=C)C. The highest BCUT2D eigenvalue weighted by Crippen LogP contribution is 2.22. The van der Waals surface area contributed by atoms with Crippen LogP contribution >= 0.6 is 0 Å². The Morgan fingerprint density at radius 2 is 1.33 bits per heavy atom. The summed E-state index contributed by atoms with van der Waals surface area (Å²) < 4.78 is 10.2. The van der Waals surface area contributed by atoms with Crippen molar-refractivity contribution in [3.8, 4) is 0 Å². The van der Waals surface area contributed by atoms with Gasteiger partial charge in [0.2, 0.25) is 0 Å². The van der Waals surface area contributed by atoms with Gasteiger partial charge in [-0.1, -0.05) is 27.0 Å². The molecule has 0 fully saturated rings. The Morgan fingerprint density at radius 3 is 1.56 bits per heavy atom. The zero-order valence-corrected chi connectivity index (χ0v) is 11.7. The van der Waals surface area contributed by atoms with Crippen LogP contribution in [0.3, 0.4) is 0 Å². The lowest BCUT2D eigenvalue weighted by molar-refractivity contribution is -0.148. The lowest BCUT2D eigenvalue weighted by Gasteiger charge is -2.27. The van der Waals surface area contributed by atoms with Crippen molar-refractivity contribution < 1.29 is 19.1 Å². The van der Waals surface area contributed by atoms with Crippen LogP contribution in [0, 0.1) is 5.41 Å². The van der Waals surface area contributed by atoms with E-state index in [2.05, 4.69) is 13.2 Å². The first kappa shape index (κ1) is 16.4. The van der Waals surface area contributed by atoms with Gasteiger partial charge < -0.3 is 9.47 Å². The van der Waals surface area contributed by atoms with E-state index in [1.54, 1.807) is 13.8 Å². The highest BCUT2D eigenvalue weighted by molar-refractivity contribution is 5.87. The quantitative estimate of drug-likeness (QED) is 0.517. The van der Waals surface area contributed by atoms with Crippen molar-refractivity contribution in [1.29, 1.82) is 0 Å². The molecule has 0 rings (SSSR count). The molecule has 4 nitrogen and oxygen atoms in total. The van der Waals surface area contributed by atoms with Crippen LogP contribution in [0.15, 0.2) is 24.3 Å². The van der Waals surface area contributed by atoms with E-state index in [0.29, 0.717) is 11.1 Å². The van der Waals surface area contributed by atoms with E-state index in [-0.39, 0.29) is 13.2 Å². The number of hydrogen-bond acceptors (Lipinski definition) is 4. The Bertz CT molecular complexity index is 325. The van der Waals surface area contributed by atoms with Gasteiger partial charge in [-0.2, -0.15) is 0 Å². The third kappa shape index (κ3) is 5.66. The van der Waals surface area contributed by atoms with Crippen LogP contribution in [0.25, 0.3) is 0 Å². The van der Waals surface area contributed by atoms with Crippen LogP contribution in [0.2, 0.25) is 0 Å². The largest absolute Gasteiger partial charge is 0.462 e. The third-order valence-electron chi connectivity index (χ3n) is 2.65. The first-order valence-electron chi connectivity index (χ1n) is 5.87. The van der Waals surface area contributed by atoms with Gasteiger partial charge in [0.1, 0.15) is 13.2 Å². The minimum Gasteiger partial charge on any atom is -0.462 e. The summed E-state index contributed by atoms with van der Waals surface area (Å²) in [5.74, 6) is -0.859. The summed E-state index contributed by atoms with van der Waals surface area (Å²) in [7, 11) is 0. The Labute approximate surface area is 109 Å². The molecule has 0 unspecified atom stereocenters. The van der Waals surface area contributed by atoms with Crippen LogP contribution in [-0.4, -0.2) is 25.2 Å². The third-order valence-corrected chi connectivity index (χ3v) is 2.65. The molecule has 0 bridgehead atoms. The summed E-state index contributed by atoms with van der Waals surface area (Å²) in [4.78, 5) is 22.6. The lowest BCUT2D eigenvalue weighted by atomic mass is 9.90. The second-order valence-electron chi connectivity index (χ2n) is 4.88. The molecule has 0 saturated heterocycles. The van der Waals surface area contributed by atoms with Gasteiger partial charge in [-0.05, 0) is 20.3 Å². The monoisotopic (exact) mass is 254 g/mol. The molecule has 0 N–H and O–H groups in total. The Hall–Kier alpha value is -1.58. The molecule has 0 amide bonds. The van der Waals surface area contributed by atoms with Gasteiger partial charge in [0.15, 0.2) is 0 Å². The Balaban J connectivity index is 4.35. The minimum absolute atomic E-state index is 0.193. The average Bonchev–Trinajstić information content (AvgIpc) is 2.32. The number of carbonyl (C=O) groups excluding carboxylic acids is 2. The molecule has 0 aromatic carbocycles. The van der Waals surface area contributed by atoms with Crippen molar-refractivity contribution >= 4 is 11.9 Å². The Morgan fingerprint density at radius 1 is 1.00 bits per heavy atom. The topological polar surface area (TPSA) is 52.6 Å². The summed E-state index contributed by atoms with van der Waals surface area (Å²) in [6.07, 6.45) is 0.722. The molecule has 18 heavy (non-hydrogen) atoms. The molecule has 0 atom stereocenters. The van der Waals surface area contributed by atoms with E-state index < -0.39 is 17.4 Å². The van der Waals surface area contributed by atoms with Gasteiger partial charge in [-0.15, -0.1) is 0 Å². The second kappa shape index (κ2) is 6.99. The van der Waals surface area contributed by atoms with Crippen LogP contribution < -0.4 is 0 Å². The van der Waals surface area contributed by atoms with Crippen LogP contribution in [-0.2, 0) is 19.1 Å². The van der Waals surface area contributed by atoms with Crippen molar-refractivity contribution in [2.24, 2.45) is 5.41 Å². The van der Waals surface area contributed by atoms with E-state index >= 15 is 0 Å². The zero-order chi connectivity index (χ0) is 14.3. The molecule has 0 radical (unpaired) electrons. The van der Waals surface area contributed by atoms with Gasteiger partial charge in [0.05, 0.1) is 0 Å². The van der Waals surface area contributed by atoms with Gasteiger partial charge in [-0.3, -0.25) is 0 Å². The summed E-state index contributed by atoms with van der Waals surface area (Å²) in [5.41, 5.74) is 0.315. The van der Waals surface area contributed by atoms with Gasteiger partial charge in [-0.25, -0.2) is 9.59 Å². The van der Waals surface area contributed by atoms with Gasteiger partial charge in [0.25, 0.3) is 0 Å². The number of ether oxygens (including phenoxy) is 2. The molecule has 0 spiro atoms. The van der Waals surface area contributed by atoms with E-state index in [1.165, 1.54) is 0 Å². The summed E-state index contributed by atoms with van der Waals surface area (Å²) in [6, 6.07) is 0. The maximum absolute atomic E-state index is 11.3. The van der Waals surface area contributed by atoms with Crippen LogP contribution in [0.5, 0.6) is 0 Å². The molecule has 0 heterocycles. The molecule has 0 aliphatic rings. The molecule has 0 aromatic rings. The molecule has 0 aromatic heterocycles. The van der Waals surface area contributed by atoms with Crippen molar-refractivity contribution in [2.45, 2.75) is 34.1 Å². The molecule has 4 heteroatoms. The number of esters is 2. The molecule has 0 saturated carbocycles. The fourth-order valence-corrected chi connectivity index (χ4v) is 0.972. The van der Waals surface area contributed by atoms with E-state index in [0.717, 1.165) is 6.42 Å². The maximum atomic E-state index is 11.3. The van der Waals surface area contributed by atoms with E-state index in [4.69, 9.17) is 9.47 Å². The molecule has 0 aliphatic heterocycles. The first-order valence-corrected chi connectivity index (χ1v) is 5.87. The van der Waals surface area contributed by atoms with Crippen molar-refractivity contribution in [2.75, 3.05) is 13.2 Å². The van der Waals surface area contributed by atoms with Crippen molar-refractivity contribution in [3.63, 3.8) is 0 Å². The van der Waals surface area contributed by atoms with Crippen LogP contribution in [0.1, 0.15) is 34.1 Å². The number of carbonyl (C=O) groups is 2. The van der Waals surface area contributed by atoms with Crippen molar-refractivity contribution in [1.82, 2.24) is 0 Å². The predicted octanol–water partition coefficient (Wildman–Crippen LogP) is 2.64. The number of hydrogen-bond donors (Lipinski definition) is 0. The zero-order valence-electron chi connectivity index (χ0n) is 11.7. The lowest BCUT2D eigenvalue weighted by Crippen LogP contribution is -2.31. The highest BCUT2D eigenvalue weighted by Gasteiger charge is 2.26. The highest BCUT2D eigenvalue weighted by atomic mass is 16.5. The van der Waals surface area contributed by atoms with E-state index in [9.17, 15) is 9.59 Å².